The number of amides is 1. The van der Waals surface area contributed by atoms with E-state index in [1.165, 1.54) is 11.8 Å². The van der Waals surface area contributed by atoms with E-state index in [9.17, 15) is 4.79 Å². The quantitative estimate of drug-likeness (QED) is 0.652. The smallest absolute Gasteiger partial charge is 0.237 e. The first kappa shape index (κ1) is 19.0. The fourth-order valence-corrected chi connectivity index (χ4v) is 3.61. The van der Waals surface area contributed by atoms with Gasteiger partial charge < -0.3 is 10.1 Å². The minimum atomic E-state index is -0.360. The van der Waals surface area contributed by atoms with E-state index < -0.39 is 0 Å². The molecule has 0 aliphatic rings. The van der Waals surface area contributed by atoms with E-state index in [4.69, 9.17) is 4.74 Å². The zero-order valence-electron chi connectivity index (χ0n) is 15.8. The Morgan fingerprint density at radius 2 is 1.81 bits per heavy atom. The highest BCUT2D eigenvalue weighted by Gasteiger charge is 2.21. The van der Waals surface area contributed by atoms with Crippen LogP contribution in [0.2, 0.25) is 0 Å². The summed E-state index contributed by atoms with van der Waals surface area (Å²) in [5, 5.41) is 11.7. The maximum absolute atomic E-state index is 12.7. The van der Waals surface area contributed by atoms with Crippen molar-refractivity contribution in [2.45, 2.75) is 31.2 Å². The normalized spacial score (nSPS) is 11.9. The van der Waals surface area contributed by atoms with E-state index in [1.807, 2.05) is 73.9 Å². The third kappa shape index (κ3) is 4.14. The molecule has 27 heavy (non-hydrogen) atoms. The van der Waals surface area contributed by atoms with Crippen LogP contribution in [0.3, 0.4) is 0 Å². The van der Waals surface area contributed by atoms with Gasteiger partial charge in [-0.2, -0.15) is 0 Å². The number of ether oxygens (including phenoxy) is 1. The van der Waals surface area contributed by atoms with Crippen LogP contribution in [-0.2, 0) is 4.79 Å². The number of carbonyl (C=O) groups is 1. The van der Waals surface area contributed by atoms with E-state index >= 15 is 0 Å². The number of aryl methyl sites for hydroxylation is 2. The molecule has 0 aliphatic carbocycles. The standard InChI is InChI=1S/C20H22N4O2S/c1-13-9-5-7-11-17(13)24-15(3)22-23-20(24)27-14(2)19(25)21-16-10-6-8-12-18(16)26-4/h5-12,14H,1-4H3,(H,21,25). The molecule has 2 aromatic carbocycles. The first-order chi connectivity index (χ1) is 13.0. The number of aromatic nitrogens is 3. The van der Waals surface area contributed by atoms with E-state index in [-0.39, 0.29) is 11.2 Å². The van der Waals surface area contributed by atoms with Crippen LogP contribution in [0.1, 0.15) is 18.3 Å². The number of methoxy groups -OCH3 is 1. The van der Waals surface area contributed by atoms with Crippen LogP contribution in [0.5, 0.6) is 5.75 Å². The Morgan fingerprint density at radius 1 is 1.11 bits per heavy atom. The monoisotopic (exact) mass is 382 g/mol. The molecule has 1 atom stereocenters. The lowest BCUT2D eigenvalue weighted by Gasteiger charge is -2.15. The lowest BCUT2D eigenvalue weighted by atomic mass is 10.2. The molecule has 0 spiro atoms. The van der Waals surface area contributed by atoms with Crippen LogP contribution in [0.25, 0.3) is 5.69 Å². The molecule has 0 aliphatic heterocycles. The molecule has 0 fully saturated rings. The molecule has 0 bridgehead atoms. The van der Waals surface area contributed by atoms with Crippen molar-refractivity contribution in [2.24, 2.45) is 0 Å². The van der Waals surface area contributed by atoms with Gasteiger partial charge in [0.1, 0.15) is 11.6 Å². The van der Waals surface area contributed by atoms with E-state index in [0.29, 0.717) is 16.6 Å². The third-order valence-electron chi connectivity index (χ3n) is 4.17. The summed E-state index contributed by atoms with van der Waals surface area (Å²) >= 11 is 1.37. The Morgan fingerprint density at radius 3 is 2.56 bits per heavy atom. The van der Waals surface area contributed by atoms with Crippen molar-refractivity contribution in [3.63, 3.8) is 0 Å². The molecule has 1 amide bonds. The second kappa shape index (κ2) is 8.26. The number of anilines is 1. The van der Waals surface area contributed by atoms with Crippen molar-refractivity contribution in [3.8, 4) is 11.4 Å². The van der Waals surface area contributed by atoms with Crippen LogP contribution in [0, 0.1) is 13.8 Å². The number of nitrogens with zero attached hydrogens (tertiary/aromatic N) is 3. The fourth-order valence-electron chi connectivity index (χ4n) is 2.70. The first-order valence-corrected chi connectivity index (χ1v) is 9.47. The minimum absolute atomic E-state index is 0.124. The summed E-state index contributed by atoms with van der Waals surface area (Å²) in [7, 11) is 1.58. The summed E-state index contributed by atoms with van der Waals surface area (Å²) in [6.07, 6.45) is 0. The molecule has 6 nitrogen and oxygen atoms in total. The predicted octanol–water partition coefficient (Wildman–Crippen LogP) is 4.01. The Hall–Kier alpha value is -2.80. The second-order valence-electron chi connectivity index (χ2n) is 6.10. The first-order valence-electron chi connectivity index (χ1n) is 8.60. The number of hydrogen-bond donors (Lipinski definition) is 1. The molecule has 3 aromatic rings. The van der Waals surface area contributed by atoms with Crippen LogP contribution >= 0.6 is 11.8 Å². The van der Waals surface area contributed by atoms with Gasteiger partial charge in [0.25, 0.3) is 0 Å². The number of thioether (sulfide) groups is 1. The average Bonchev–Trinajstić information content (AvgIpc) is 3.02. The molecule has 0 radical (unpaired) electrons. The lowest BCUT2D eigenvalue weighted by molar-refractivity contribution is -0.115. The van der Waals surface area contributed by atoms with Crippen molar-refractivity contribution in [2.75, 3.05) is 12.4 Å². The van der Waals surface area contributed by atoms with Gasteiger partial charge in [0.15, 0.2) is 5.16 Å². The number of nitrogens with one attached hydrogen (secondary N) is 1. The van der Waals surface area contributed by atoms with Gasteiger partial charge >= 0.3 is 0 Å². The Balaban J connectivity index is 1.80. The van der Waals surface area contributed by atoms with Gasteiger partial charge in [-0.15, -0.1) is 10.2 Å². The van der Waals surface area contributed by atoms with Crippen molar-refractivity contribution in [1.82, 2.24) is 14.8 Å². The third-order valence-corrected chi connectivity index (χ3v) is 5.21. The van der Waals surface area contributed by atoms with Crippen LogP contribution in [-0.4, -0.2) is 33.0 Å². The van der Waals surface area contributed by atoms with Crippen molar-refractivity contribution in [1.29, 1.82) is 0 Å². The maximum Gasteiger partial charge on any atom is 0.237 e. The van der Waals surface area contributed by atoms with Crippen LogP contribution in [0.4, 0.5) is 5.69 Å². The van der Waals surface area contributed by atoms with Gasteiger partial charge in [-0.1, -0.05) is 42.1 Å². The molecule has 3 rings (SSSR count). The highest BCUT2D eigenvalue weighted by molar-refractivity contribution is 8.00. The number of carbonyl (C=O) groups excluding carboxylic acids is 1. The Kier molecular flexibility index (Phi) is 5.81. The largest absolute Gasteiger partial charge is 0.495 e. The van der Waals surface area contributed by atoms with E-state index in [2.05, 4.69) is 15.5 Å². The SMILES string of the molecule is COc1ccccc1NC(=O)C(C)Sc1nnc(C)n1-c1ccccc1C. The number of para-hydroxylation sites is 3. The molecule has 0 saturated heterocycles. The summed E-state index contributed by atoms with van der Waals surface area (Å²) in [5.41, 5.74) is 2.78. The summed E-state index contributed by atoms with van der Waals surface area (Å²) in [5.74, 6) is 1.28. The highest BCUT2D eigenvalue weighted by Crippen LogP contribution is 2.29. The molecule has 0 saturated carbocycles. The van der Waals surface area contributed by atoms with Crippen molar-refractivity contribution in [3.05, 3.63) is 59.9 Å². The van der Waals surface area contributed by atoms with Gasteiger partial charge in [0, 0.05) is 0 Å². The molecule has 1 aromatic heterocycles. The average molecular weight is 382 g/mol. The number of benzene rings is 2. The molecule has 1 N–H and O–H groups in total. The van der Waals surface area contributed by atoms with Gasteiger partial charge in [-0.3, -0.25) is 9.36 Å². The summed E-state index contributed by atoms with van der Waals surface area (Å²) in [6, 6.07) is 15.4. The summed E-state index contributed by atoms with van der Waals surface area (Å²) in [4.78, 5) is 12.7. The second-order valence-corrected chi connectivity index (χ2v) is 7.41. The highest BCUT2D eigenvalue weighted by atomic mass is 32.2. The maximum atomic E-state index is 12.7. The van der Waals surface area contributed by atoms with Crippen molar-refractivity contribution >= 4 is 23.4 Å². The predicted molar refractivity (Wildman–Crippen MR) is 108 cm³/mol. The summed E-state index contributed by atoms with van der Waals surface area (Å²) in [6.45, 7) is 5.80. The molecular formula is C20H22N4O2S. The zero-order valence-corrected chi connectivity index (χ0v) is 16.6. The van der Waals surface area contributed by atoms with E-state index in [1.54, 1.807) is 7.11 Å². The van der Waals surface area contributed by atoms with E-state index in [0.717, 1.165) is 17.1 Å². The molecule has 140 valence electrons. The molecular weight excluding hydrogens is 360 g/mol. The van der Waals surface area contributed by atoms with Gasteiger partial charge in [-0.05, 0) is 44.5 Å². The minimum Gasteiger partial charge on any atom is -0.495 e. The van der Waals surface area contributed by atoms with Gasteiger partial charge in [-0.25, -0.2) is 0 Å². The molecule has 7 heteroatoms. The number of rotatable bonds is 6. The van der Waals surface area contributed by atoms with Crippen LogP contribution < -0.4 is 10.1 Å². The lowest BCUT2D eigenvalue weighted by Crippen LogP contribution is -2.23. The topological polar surface area (TPSA) is 69.0 Å². The number of hydrogen-bond acceptors (Lipinski definition) is 5. The Labute approximate surface area is 163 Å². The van der Waals surface area contributed by atoms with Gasteiger partial charge in [0.2, 0.25) is 5.91 Å². The fraction of sp³-hybridized carbons (Fsp3) is 0.250. The molecule has 1 heterocycles. The molecule has 1 unspecified atom stereocenters. The van der Waals surface area contributed by atoms with Crippen molar-refractivity contribution < 1.29 is 9.53 Å². The zero-order chi connectivity index (χ0) is 19.4. The summed E-state index contributed by atoms with van der Waals surface area (Å²) < 4.78 is 7.27. The van der Waals surface area contributed by atoms with Gasteiger partial charge in [0.05, 0.1) is 23.7 Å². The van der Waals surface area contributed by atoms with Crippen LogP contribution in [0.15, 0.2) is 53.7 Å². The Bertz CT molecular complexity index is 955.